The number of nitrogens with one attached hydrogen (secondary N) is 3. The molecule has 3 rings (SSSR count). The maximum Gasteiger partial charge on any atom is 0.324 e. The average Bonchev–Trinajstić information content (AvgIpc) is 3.20. The summed E-state index contributed by atoms with van der Waals surface area (Å²) < 4.78 is 5.20. The van der Waals surface area contributed by atoms with Gasteiger partial charge >= 0.3 is 6.03 Å². The molecule has 9 heteroatoms. The molecule has 0 saturated heterocycles. The Morgan fingerprint density at radius 3 is 2.95 bits per heavy atom. The van der Waals surface area contributed by atoms with Gasteiger partial charge in [-0.05, 0) is 25.1 Å². The summed E-state index contributed by atoms with van der Waals surface area (Å²) in [6.07, 6.45) is 1.54. The van der Waals surface area contributed by atoms with Crippen molar-refractivity contribution in [3.05, 3.63) is 35.9 Å². The van der Waals surface area contributed by atoms with E-state index in [1.165, 1.54) is 11.2 Å². The summed E-state index contributed by atoms with van der Waals surface area (Å²) in [7, 11) is 1.67. The predicted octanol–water partition coefficient (Wildman–Crippen LogP) is 1.76. The Kier molecular flexibility index (Phi) is 3.60. The lowest BCUT2D eigenvalue weighted by Gasteiger charge is -2.14. The van der Waals surface area contributed by atoms with E-state index < -0.39 is 0 Å². The molecule has 3 aromatic heterocycles. The number of hydrogen-bond donors (Lipinski definition) is 3. The van der Waals surface area contributed by atoms with Gasteiger partial charge in [-0.25, -0.2) is 4.79 Å². The molecule has 0 saturated carbocycles. The highest BCUT2D eigenvalue weighted by Crippen LogP contribution is 2.16. The van der Waals surface area contributed by atoms with Crippen molar-refractivity contribution in [3.8, 4) is 11.6 Å². The Hall–Kier alpha value is -3.10. The molecule has 3 heterocycles. The number of furan rings is 1. The lowest BCUT2D eigenvalue weighted by Crippen LogP contribution is -2.31. The van der Waals surface area contributed by atoms with Gasteiger partial charge in [-0.2, -0.15) is 10.1 Å². The first kappa shape index (κ1) is 13.9. The summed E-state index contributed by atoms with van der Waals surface area (Å²) >= 11 is 0. The summed E-state index contributed by atoms with van der Waals surface area (Å²) in [4.78, 5) is 17.7. The second-order valence-corrected chi connectivity index (χ2v) is 4.81. The third kappa shape index (κ3) is 2.97. The zero-order chi connectivity index (χ0) is 15.5. The quantitative estimate of drug-likeness (QED) is 0.679. The number of urea groups is 1. The van der Waals surface area contributed by atoms with Crippen LogP contribution in [-0.2, 0) is 6.54 Å². The molecule has 0 aromatic carbocycles. The third-order valence-corrected chi connectivity index (χ3v) is 2.96. The maximum atomic E-state index is 12.1. The highest BCUT2D eigenvalue weighted by Gasteiger charge is 2.14. The summed E-state index contributed by atoms with van der Waals surface area (Å²) in [6.45, 7) is 2.28. The summed E-state index contributed by atoms with van der Waals surface area (Å²) in [5.74, 6) is 1.18. The van der Waals surface area contributed by atoms with Crippen LogP contribution < -0.4 is 5.32 Å². The number of carbonyl (C=O) groups is 1. The summed E-state index contributed by atoms with van der Waals surface area (Å²) in [5, 5.41) is 16.2. The molecule has 114 valence electrons. The van der Waals surface area contributed by atoms with E-state index in [2.05, 4.69) is 30.7 Å². The van der Waals surface area contributed by atoms with Crippen LogP contribution in [0.25, 0.3) is 11.6 Å². The molecule has 0 fully saturated rings. The van der Waals surface area contributed by atoms with Gasteiger partial charge in [0.15, 0.2) is 11.6 Å². The molecule has 0 aliphatic heterocycles. The fraction of sp³-hybridized carbons (Fsp3) is 0.231. The van der Waals surface area contributed by atoms with Crippen molar-refractivity contribution in [2.45, 2.75) is 13.5 Å². The molecule has 0 radical (unpaired) electrons. The van der Waals surface area contributed by atoms with Crippen LogP contribution in [0.15, 0.2) is 28.9 Å². The van der Waals surface area contributed by atoms with Gasteiger partial charge in [0.05, 0.1) is 18.5 Å². The molecule has 0 aliphatic carbocycles. The standard InChI is InChI=1S/C13H15N7O2/c1-8-6-9(17-16-8)7-20(2)13(21)15-12-14-11(18-19-12)10-4-3-5-22-10/h3-6H,7H2,1-2H3,(H,16,17)(H2,14,15,18,19,21). The van der Waals surface area contributed by atoms with Crippen molar-refractivity contribution < 1.29 is 9.21 Å². The second kappa shape index (κ2) is 5.72. The van der Waals surface area contributed by atoms with Crippen molar-refractivity contribution in [1.82, 2.24) is 30.3 Å². The van der Waals surface area contributed by atoms with Crippen LogP contribution in [0.3, 0.4) is 0 Å². The summed E-state index contributed by atoms with van der Waals surface area (Å²) in [5.41, 5.74) is 1.72. The first-order chi connectivity index (χ1) is 10.6. The number of carbonyl (C=O) groups excluding carboxylic acids is 1. The number of H-pyrrole nitrogens is 2. The molecule has 3 N–H and O–H groups in total. The first-order valence-electron chi connectivity index (χ1n) is 6.61. The molecule has 22 heavy (non-hydrogen) atoms. The van der Waals surface area contributed by atoms with Crippen LogP contribution >= 0.6 is 0 Å². The van der Waals surface area contributed by atoms with Gasteiger partial charge in [-0.1, -0.05) is 0 Å². The molecule has 2 amide bonds. The van der Waals surface area contributed by atoms with Crippen molar-refractivity contribution in [2.75, 3.05) is 12.4 Å². The van der Waals surface area contributed by atoms with E-state index in [4.69, 9.17) is 4.42 Å². The van der Waals surface area contributed by atoms with E-state index in [1.54, 1.807) is 19.2 Å². The van der Waals surface area contributed by atoms with Gasteiger partial charge in [-0.15, -0.1) is 5.10 Å². The number of hydrogen-bond acceptors (Lipinski definition) is 5. The van der Waals surface area contributed by atoms with Crippen LogP contribution in [0.4, 0.5) is 10.7 Å². The van der Waals surface area contributed by atoms with Crippen molar-refractivity contribution in [3.63, 3.8) is 0 Å². The number of aromatic amines is 2. The van der Waals surface area contributed by atoms with Gasteiger partial charge in [0.2, 0.25) is 0 Å². The van der Waals surface area contributed by atoms with E-state index >= 15 is 0 Å². The average molecular weight is 301 g/mol. The van der Waals surface area contributed by atoms with Crippen LogP contribution in [0.1, 0.15) is 11.4 Å². The molecule has 0 spiro atoms. The van der Waals surface area contributed by atoms with Gasteiger partial charge < -0.3 is 9.32 Å². The van der Waals surface area contributed by atoms with Gasteiger partial charge in [0.1, 0.15) is 0 Å². The Morgan fingerprint density at radius 1 is 1.41 bits per heavy atom. The monoisotopic (exact) mass is 301 g/mol. The molecular formula is C13H15N7O2. The number of rotatable bonds is 4. The number of nitrogens with zero attached hydrogens (tertiary/aromatic N) is 4. The summed E-state index contributed by atoms with van der Waals surface area (Å²) in [6, 6.07) is 5.05. The fourth-order valence-corrected chi connectivity index (χ4v) is 1.90. The van der Waals surface area contributed by atoms with Crippen molar-refractivity contribution in [1.29, 1.82) is 0 Å². The molecular weight excluding hydrogens is 286 g/mol. The Bertz CT molecular complexity index is 759. The minimum atomic E-state index is -0.328. The minimum absolute atomic E-state index is 0.182. The van der Waals surface area contributed by atoms with Gasteiger partial charge in [0, 0.05) is 12.7 Å². The van der Waals surface area contributed by atoms with Crippen LogP contribution in [0.2, 0.25) is 0 Å². The lowest BCUT2D eigenvalue weighted by atomic mass is 10.3. The molecule has 0 aliphatic rings. The number of amides is 2. The van der Waals surface area contributed by atoms with E-state index in [0.29, 0.717) is 18.1 Å². The van der Waals surface area contributed by atoms with Crippen LogP contribution in [-0.4, -0.2) is 43.4 Å². The normalized spacial score (nSPS) is 10.6. The van der Waals surface area contributed by atoms with Crippen molar-refractivity contribution in [2.24, 2.45) is 0 Å². The molecule has 0 bridgehead atoms. The predicted molar refractivity (Wildman–Crippen MR) is 77.9 cm³/mol. The van der Waals surface area contributed by atoms with E-state index in [0.717, 1.165) is 11.4 Å². The number of anilines is 1. The smallest absolute Gasteiger partial charge is 0.324 e. The van der Waals surface area contributed by atoms with Crippen LogP contribution in [0.5, 0.6) is 0 Å². The fourth-order valence-electron chi connectivity index (χ4n) is 1.90. The van der Waals surface area contributed by atoms with Gasteiger partial charge in [0.25, 0.3) is 5.95 Å². The Labute approximate surface area is 125 Å². The molecule has 3 aromatic rings. The highest BCUT2D eigenvalue weighted by molar-refractivity contribution is 5.87. The SMILES string of the molecule is Cc1cc(CN(C)C(=O)Nc2n[nH]c(-c3ccco3)n2)n[nH]1. The van der Waals surface area contributed by atoms with E-state index in [1.807, 2.05) is 13.0 Å². The van der Waals surface area contributed by atoms with E-state index in [9.17, 15) is 4.79 Å². The van der Waals surface area contributed by atoms with Crippen LogP contribution in [0, 0.1) is 6.92 Å². The molecule has 9 nitrogen and oxygen atoms in total. The maximum absolute atomic E-state index is 12.1. The Balaban J connectivity index is 1.61. The Morgan fingerprint density at radius 2 is 2.27 bits per heavy atom. The topological polar surface area (TPSA) is 116 Å². The van der Waals surface area contributed by atoms with E-state index in [-0.39, 0.29) is 12.0 Å². The zero-order valence-electron chi connectivity index (χ0n) is 12.1. The lowest BCUT2D eigenvalue weighted by molar-refractivity contribution is 0.220. The number of aryl methyl sites for hydroxylation is 1. The molecule has 0 unspecified atom stereocenters. The zero-order valence-corrected chi connectivity index (χ0v) is 12.1. The minimum Gasteiger partial charge on any atom is -0.461 e. The third-order valence-electron chi connectivity index (χ3n) is 2.96. The van der Waals surface area contributed by atoms with Gasteiger partial charge in [-0.3, -0.25) is 15.5 Å². The van der Waals surface area contributed by atoms with Crippen molar-refractivity contribution >= 4 is 12.0 Å². The first-order valence-corrected chi connectivity index (χ1v) is 6.61. The second-order valence-electron chi connectivity index (χ2n) is 4.81. The molecule has 0 atom stereocenters. The number of aromatic nitrogens is 5. The largest absolute Gasteiger partial charge is 0.461 e. The highest BCUT2D eigenvalue weighted by atomic mass is 16.3.